The second-order valence-corrected chi connectivity index (χ2v) is 26.4. The van der Waals surface area contributed by atoms with E-state index in [2.05, 4.69) is 53.0 Å². The van der Waals surface area contributed by atoms with E-state index in [9.17, 15) is 30.0 Å². The van der Waals surface area contributed by atoms with Crippen LogP contribution in [0.25, 0.3) is 0 Å². The number of carbonyl (C=O) groups excluding carboxylic acids is 2. The lowest BCUT2D eigenvalue weighted by Crippen LogP contribution is -2.47. The van der Waals surface area contributed by atoms with Gasteiger partial charge in [0, 0.05) is 50.7 Å². The van der Waals surface area contributed by atoms with Gasteiger partial charge in [0.25, 0.3) is 0 Å². The number of amides is 2. The summed E-state index contributed by atoms with van der Waals surface area (Å²) in [5, 5.41) is 50.6. The van der Waals surface area contributed by atoms with Crippen LogP contribution >= 0.6 is 21.6 Å². The van der Waals surface area contributed by atoms with E-state index in [1.807, 2.05) is 10.8 Å². The van der Waals surface area contributed by atoms with E-state index in [0.717, 1.165) is 114 Å². The van der Waals surface area contributed by atoms with Crippen LogP contribution in [0.4, 0.5) is 0 Å². The number of nitrogens with one attached hydrogen (secondary N) is 2. The summed E-state index contributed by atoms with van der Waals surface area (Å²) in [6, 6.07) is -0.591. The quantitative estimate of drug-likeness (QED) is 0.0255. The first kappa shape index (κ1) is 74.4. The van der Waals surface area contributed by atoms with Gasteiger partial charge < -0.3 is 36.0 Å². The van der Waals surface area contributed by atoms with Crippen LogP contribution in [0.1, 0.15) is 291 Å². The molecule has 0 aromatic carbocycles. The summed E-state index contributed by atoms with van der Waals surface area (Å²) in [7, 11) is 3.60. The van der Waals surface area contributed by atoms with Gasteiger partial charge in [0.2, 0.25) is 11.8 Å². The second-order valence-electron chi connectivity index (χ2n) is 23.7. The van der Waals surface area contributed by atoms with Crippen molar-refractivity contribution in [3.05, 3.63) is 0 Å². The van der Waals surface area contributed by atoms with Crippen LogP contribution < -0.4 is 10.6 Å². The summed E-state index contributed by atoms with van der Waals surface area (Å²) in [6.07, 6.45) is 43.9. The number of nitrogens with zero attached hydrogens (tertiary/aromatic N) is 3. The Labute approximate surface area is 484 Å². The highest BCUT2D eigenvalue weighted by molar-refractivity contribution is 8.76. The maximum Gasteiger partial charge on any atom is 0.242 e. The molecule has 1 aliphatic heterocycles. The minimum Gasteiger partial charge on any atom is -0.392 e. The number of rotatable bonds is 60. The standard InChI is InChI=1S/C64H129N5O6S2/c1-5-9-13-17-21-23-27-31-42-60(72)56-69(57-61(73)43-32-28-24-22-18-14-10-6-2)51-39-44-63(74)66-62(64(75)65-46-33-34-47-67-48-35-36-49-67)45-53-77-76-52-38-37-50-68(54-58(70)40-29-25-19-15-11-7-3)55-59(71)41-30-26-20-16-12-8-4/h58-62,70-73H,5-57H2,1-4H3,(H,65,75)(H,66,74). The Hall–Kier alpha value is -0.640. The van der Waals surface area contributed by atoms with Crippen molar-refractivity contribution in [1.29, 1.82) is 0 Å². The third kappa shape index (κ3) is 48.6. The third-order valence-corrected chi connectivity index (χ3v) is 18.4. The average Bonchev–Trinajstić information content (AvgIpc) is 3.93. The lowest BCUT2D eigenvalue weighted by Gasteiger charge is -2.27. The molecule has 458 valence electrons. The Balaban J connectivity index is 2.76. The summed E-state index contributed by atoms with van der Waals surface area (Å²) in [4.78, 5) is 34.3. The van der Waals surface area contributed by atoms with Gasteiger partial charge in [-0.2, -0.15) is 0 Å². The van der Waals surface area contributed by atoms with Crippen molar-refractivity contribution in [2.45, 2.75) is 321 Å². The predicted molar refractivity (Wildman–Crippen MR) is 335 cm³/mol. The minimum absolute atomic E-state index is 0.0997. The highest BCUT2D eigenvalue weighted by atomic mass is 33.1. The first-order valence-electron chi connectivity index (χ1n) is 33.3. The number of hydrogen-bond acceptors (Lipinski definition) is 11. The van der Waals surface area contributed by atoms with Crippen molar-refractivity contribution >= 4 is 33.4 Å². The van der Waals surface area contributed by atoms with Crippen LogP contribution in [0.15, 0.2) is 0 Å². The van der Waals surface area contributed by atoms with Crippen LogP contribution in [0.2, 0.25) is 0 Å². The first-order valence-corrected chi connectivity index (χ1v) is 35.8. The molecule has 0 aromatic heterocycles. The fourth-order valence-corrected chi connectivity index (χ4v) is 13.2. The zero-order valence-corrected chi connectivity index (χ0v) is 52.8. The van der Waals surface area contributed by atoms with Gasteiger partial charge in [0.05, 0.1) is 24.4 Å². The summed E-state index contributed by atoms with van der Waals surface area (Å²) >= 11 is 0. The van der Waals surface area contributed by atoms with E-state index in [1.165, 1.54) is 167 Å². The van der Waals surface area contributed by atoms with Crippen molar-refractivity contribution in [2.24, 2.45) is 0 Å². The molecule has 5 atom stereocenters. The van der Waals surface area contributed by atoms with Gasteiger partial charge in [0.1, 0.15) is 6.04 Å². The minimum atomic E-state index is -0.591. The molecule has 0 bridgehead atoms. The number of carbonyl (C=O) groups is 2. The smallest absolute Gasteiger partial charge is 0.242 e. The molecule has 1 fully saturated rings. The SMILES string of the molecule is CCCCCCCCCCC(O)CN(CCCC(=O)NC(CCSSCCCCN(CC(O)CCCCCCCC)CC(O)CCCCCCCC)C(=O)NCCCCN1CCCC1)CC(O)CCCCCCCCCC. The van der Waals surface area contributed by atoms with Gasteiger partial charge in [-0.05, 0) is 110 Å². The molecule has 0 aromatic rings. The van der Waals surface area contributed by atoms with Gasteiger partial charge >= 0.3 is 0 Å². The lowest BCUT2D eigenvalue weighted by molar-refractivity contribution is -0.129. The van der Waals surface area contributed by atoms with Crippen molar-refractivity contribution < 1.29 is 30.0 Å². The van der Waals surface area contributed by atoms with Crippen molar-refractivity contribution in [3.8, 4) is 0 Å². The molecule has 5 unspecified atom stereocenters. The molecule has 1 heterocycles. The highest BCUT2D eigenvalue weighted by Gasteiger charge is 2.22. The number of aliphatic hydroxyl groups excluding tert-OH is 4. The van der Waals surface area contributed by atoms with Crippen LogP contribution in [0, 0.1) is 0 Å². The van der Waals surface area contributed by atoms with Gasteiger partial charge in [-0.25, -0.2) is 0 Å². The normalized spacial score (nSPS) is 15.1. The third-order valence-electron chi connectivity index (χ3n) is 15.9. The summed E-state index contributed by atoms with van der Waals surface area (Å²) in [5.41, 5.74) is 0. The second kappa shape index (κ2) is 55.9. The average molecular weight is 1130 g/mol. The Morgan fingerprint density at radius 3 is 1.23 bits per heavy atom. The van der Waals surface area contributed by atoms with E-state index in [0.29, 0.717) is 58.5 Å². The molecule has 0 spiro atoms. The van der Waals surface area contributed by atoms with Crippen molar-refractivity contribution in [1.82, 2.24) is 25.3 Å². The molecule has 0 aliphatic carbocycles. The van der Waals surface area contributed by atoms with Gasteiger partial charge in [-0.15, -0.1) is 0 Å². The molecule has 2 amide bonds. The topological polar surface area (TPSA) is 149 Å². The Kier molecular flexibility index (Phi) is 54.0. The van der Waals surface area contributed by atoms with E-state index < -0.39 is 18.2 Å². The van der Waals surface area contributed by atoms with Crippen molar-refractivity contribution in [2.75, 3.05) is 77.0 Å². The lowest BCUT2D eigenvalue weighted by atomic mass is 10.0. The van der Waals surface area contributed by atoms with E-state index in [4.69, 9.17) is 0 Å². The summed E-state index contributed by atoms with van der Waals surface area (Å²) in [5.74, 6) is 1.52. The van der Waals surface area contributed by atoms with Crippen LogP contribution in [0.3, 0.4) is 0 Å². The Morgan fingerprint density at radius 2 is 0.818 bits per heavy atom. The molecule has 6 N–H and O–H groups in total. The maximum atomic E-state index is 13.7. The predicted octanol–water partition coefficient (Wildman–Crippen LogP) is 14.4. The molecular weight excluding hydrogens is 999 g/mol. The molecular formula is C64H129N5O6S2. The van der Waals surface area contributed by atoms with Crippen molar-refractivity contribution in [3.63, 3.8) is 0 Å². The van der Waals surface area contributed by atoms with Crippen LogP contribution in [-0.4, -0.2) is 154 Å². The zero-order chi connectivity index (χ0) is 56.1. The van der Waals surface area contributed by atoms with Gasteiger partial charge in [0.15, 0.2) is 0 Å². The van der Waals surface area contributed by atoms with E-state index >= 15 is 0 Å². The van der Waals surface area contributed by atoms with Gasteiger partial charge in [-0.1, -0.05) is 229 Å². The fourth-order valence-electron chi connectivity index (χ4n) is 11.0. The fraction of sp³-hybridized carbons (Fsp3) is 0.969. The molecule has 11 nitrogen and oxygen atoms in total. The van der Waals surface area contributed by atoms with Crippen LogP contribution in [-0.2, 0) is 9.59 Å². The molecule has 1 rings (SSSR count). The van der Waals surface area contributed by atoms with Crippen LogP contribution in [0.5, 0.6) is 0 Å². The largest absolute Gasteiger partial charge is 0.392 e. The van der Waals surface area contributed by atoms with Gasteiger partial charge in [-0.3, -0.25) is 19.4 Å². The molecule has 77 heavy (non-hydrogen) atoms. The number of hydrogen-bond donors (Lipinski definition) is 6. The van der Waals surface area contributed by atoms with E-state index in [1.54, 1.807) is 10.8 Å². The Bertz CT molecular complexity index is 1220. The molecule has 0 radical (unpaired) electrons. The number of unbranched alkanes of at least 4 members (excludes halogenated alkanes) is 26. The molecule has 13 heteroatoms. The maximum absolute atomic E-state index is 13.7. The van der Waals surface area contributed by atoms with E-state index in [-0.39, 0.29) is 24.0 Å². The zero-order valence-electron chi connectivity index (χ0n) is 51.1. The Morgan fingerprint density at radius 1 is 0.442 bits per heavy atom. The monoisotopic (exact) mass is 1130 g/mol. The molecule has 1 saturated heterocycles. The number of aliphatic hydroxyl groups is 4. The first-order chi connectivity index (χ1) is 37.6. The molecule has 1 aliphatic rings. The number of likely N-dealkylation sites (tertiary alicyclic amines) is 1. The summed E-state index contributed by atoms with van der Waals surface area (Å²) < 4.78 is 0. The molecule has 0 saturated carbocycles. The summed E-state index contributed by atoms with van der Waals surface area (Å²) in [6.45, 7) is 16.8. The highest BCUT2D eigenvalue weighted by Crippen LogP contribution is 2.25.